The van der Waals surface area contributed by atoms with Crippen molar-refractivity contribution in [1.29, 1.82) is 0 Å². The molecule has 138 valence electrons. The van der Waals surface area contributed by atoms with Crippen LogP contribution in [-0.4, -0.2) is 47.4 Å². The van der Waals surface area contributed by atoms with E-state index in [1.807, 2.05) is 12.1 Å². The van der Waals surface area contributed by atoms with Crippen molar-refractivity contribution in [2.75, 3.05) is 19.6 Å². The van der Waals surface area contributed by atoms with Crippen LogP contribution in [0.15, 0.2) is 24.3 Å². The number of nitrogens with zero attached hydrogens (tertiary/aromatic N) is 2. The van der Waals surface area contributed by atoms with E-state index in [0.29, 0.717) is 11.8 Å². The van der Waals surface area contributed by atoms with Crippen molar-refractivity contribution in [3.63, 3.8) is 0 Å². The van der Waals surface area contributed by atoms with Crippen molar-refractivity contribution in [1.82, 2.24) is 9.80 Å². The average Bonchev–Trinajstić information content (AvgIpc) is 3.27. The van der Waals surface area contributed by atoms with Gasteiger partial charge in [-0.05, 0) is 61.8 Å². The van der Waals surface area contributed by atoms with Crippen LogP contribution in [0.4, 0.5) is 4.39 Å². The lowest BCUT2D eigenvalue weighted by Gasteiger charge is -2.28. The Morgan fingerprint density at radius 1 is 1.16 bits per heavy atom. The highest BCUT2D eigenvalue weighted by Crippen LogP contribution is 2.38. The van der Waals surface area contributed by atoms with Gasteiger partial charge in [-0.25, -0.2) is 4.39 Å². The van der Waals surface area contributed by atoms with Crippen LogP contribution in [0.5, 0.6) is 0 Å². The summed E-state index contributed by atoms with van der Waals surface area (Å²) in [5.41, 5.74) is 7.26. The first kappa shape index (κ1) is 18.6. The lowest BCUT2D eigenvalue weighted by Crippen LogP contribution is -2.45. The van der Waals surface area contributed by atoms with Crippen LogP contribution >= 0.6 is 12.4 Å². The fourth-order valence-electron chi connectivity index (χ4n) is 4.82. The Bertz CT molecular complexity index is 611. The van der Waals surface area contributed by atoms with Gasteiger partial charge in [-0.2, -0.15) is 0 Å². The maximum Gasteiger partial charge on any atom is 0.239 e. The first-order valence-corrected chi connectivity index (χ1v) is 9.14. The standard InChI is InChI=1S/C19H26FN3O.ClH/c20-15-6-3-13(4-7-15)10-22-9-1-2-18(22)19(24)23-11-14-5-8-17(21)16(14)12-23;/h3-4,6-7,14,16-18H,1-2,5,8-12,21H2;1H. The minimum atomic E-state index is -0.215. The lowest BCUT2D eigenvalue weighted by atomic mass is 9.98. The lowest BCUT2D eigenvalue weighted by molar-refractivity contribution is -0.135. The predicted molar refractivity (Wildman–Crippen MR) is 97.8 cm³/mol. The number of carbonyl (C=O) groups is 1. The van der Waals surface area contributed by atoms with Gasteiger partial charge in [0.2, 0.25) is 5.91 Å². The Labute approximate surface area is 154 Å². The predicted octanol–water partition coefficient (Wildman–Crippen LogP) is 2.41. The molecule has 4 rings (SSSR count). The number of benzene rings is 1. The maximum absolute atomic E-state index is 13.1. The van der Waals surface area contributed by atoms with Crippen molar-refractivity contribution in [2.45, 2.75) is 44.3 Å². The van der Waals surface area contributed by atoms with Gasteiger partial charge in [-0.1, -0.05) is 12.1 Å². The van der Waals surface area contributed by atoms with Crippen LogP contribution < -0.4 is 5.73 Å². The third-order valence-electron chi connectivity index (χ3n) is 6.17. The Hall–Kier alpha value is -1.17. The Balaban J connectivity index is 0.00000182. The molecule has 0 spiro atoms. The van der Waals surface area contributed by atoms with E-state index in [4.69, 9.17) is 5.73 Å². The summed E-state index contributed by atoms with van der Waals surface area (Å²) in [6, 6.07) is 6.86. The molecule has 4 unspecified atom stereocenters. The van der Waals surface area contributed by atoms with Gasteiger partial charge >= 0.3 is 0 Å². The second-order valence-corrected chi connectivity index (χ2v) is 7.66. The molecule has 1 amide bonds. The van der Waals surface area contributed by atoms with E-state index < -0.39 is 0 Å². The number of rotatable bonds is 3. The summed E-state index contributed by atoms with van der Waals surface area (Å²) in [7, 11) is 0. The van der Waals surface area contributed by atoms with Gasteiger partial charge in [0.1, 0.15) is 5.82 Å². The molecule has 3 aliphatic rings. The zero-order valence-electron chi connectivity index (χ0n) is 14.4. The molecule has 1 saturated carbocycles. The van der Waals surface area contributed by atoms with E-state index in [-0.39, 0.29) is 36.2 Å². The van der Waals surface area contributed by atoms with Gasteiger partial charge < -0.3 is 10.6 Å². The molecule has 6 heteroatoms. The third kappa shape index (κ3) is 3.69. The van der Waals surface area contributed by atoms with E-state index in [1.165, 1.54) is 18.6 Å². The van der Waals surface area contributed by atoms with Crippen molar-refractivity contribution in [3.8, 4) is 0 Å². The fraction of sp³-hybridized carbons (Fsp3) is 0.632. The average molecular weight is 368 g/mol. The number of likely N-dealkylation sites (tertiary alicyclic amines) is 2. The van der Waals surface area contributed by atoms with Gasteiger partial charge in [-0.3, -0.25) is 9.69 Å². The summed E-state index contributed by atoms with van der Waals surface area (Å²) < 4.78 is 13.1. The quantitative estimate of drug-likeness (QED) is 0.892. The number of nitrogens with two attached hydrogens (primary N) is 1. The normalized spacial score (nSPS) is 31.8. The minimum absolute atomic E-state index is 0. The van der Waals surface area contributed by atoms with Gasteiger partial charge in [-0.15, -0.1) is 12.4 Å². The van der Waals surface area contributed by atoms with Crippen LogP contribution in [0.2, 0.25) is 0 Å². The smallest absolute Gasteiger partial charge is 0.239 e. The summed E-state index contributed by atoms with van der Waals surface area (Å²) >= 11 is 0. The second-order valence-electron chi connectivity index (χ2n) is 7.66. The summed E-state index contributed by atoms with van der Waals surface area (Å²) in [4.78, 5) is 17.3. The molecule has 2 N–H and O–H groups in total. The number of fused-ring (bicyclic) bond motifs is 1. The van der Waals surface area contributed by atoms with Gasteiger partial charge in [0.25, 0.3) is 0 Å². The molecule has 4 atom stereocenters. The molecule has 4 nitrogen and oxygen atoms in total. The molecular formula is C19H27ClFN3O. The van der Waals surface area contributed by atoms with Gasteiger partial charge in [0.15, 0.2) is 0 Å². The Kier molecular flexibility index (Phi) is 5.66. The van der Waals surface area contributed by atoms with Crippen LogP contribution in [-0.2, 0) is 11.3 Å². The highest BCUT2D eigenvalue weighted by Gasteiger charge is 2.44. The zero-order valence-corrected chi connectivity index (χ0v) is 15.3. The summed E-state index contributed by atoms with van der Waals surface area (Å²) in [6.07, 6.45) is 4.26. The van der Waals surface area contributed by atoms with Crippen LogP contribution in [0.25, 0.3) is 0 Å². The van der Waals surface area contributed by atoms with Crippen LogP contribution in [0, 0.1) is 17.7 Å². The molecule has 0 radical (unpaired) electrons. The van der Waals surface area contributed by atoms with Crippen LogP contribution in [0.3, 0.4) is 0 Å². The first-order valence-electron chi connectivity index (χ1n) is 9.14. The maximum atomic E-state index is 13.1. The molecule has 1 aliphatic carbocycles. The van der Waals surface area contributed by atoms with E-state index >= 15 is 0 Å². The zero-order chi connectivity index (χ0) is 16.7. The molecule has 1 aromatic rings. The SMILES string of the molecule is Cl.NC1CCC2CN(C(=O)C3CCCN3Cc3ccc(F)cc3)CC12. The molecule has 25 heavy (non-hydrogen) atoms. The Morgan fingerprint density at radius 2 is 1.92 bits per heavy atom. The highest BCUT2D eigenvalue weighted by atomic mass is 35.5. The van der Waals surface area contributed by atoms with Crippen molar-refractivity contribution < 1.29 is 9.18 Å². The molecule has 0 aromatic heterocycles. The third-order valence-corrected chi connectivity index (χ3v) is 6.17. The number of halogens is 2. The van der Waals surface area contributed by atoms with E-state index in [9.17, 15) is 9.18 Å². The summed E-state index contributed by atoms with van der Waals surface area (Å²) in [5.74, 6) is 1.17. The largest absolute Gasteiger partial charge is 0.341 e. The minimum Gasteiger partial charge on any atom is -0.341 e. The van der Waals surface area contributed by atoms with E-state index in [2.05, 4.69) is 9.80 Å². The number of hydrogen-bond donors (Lipinski definition) is 1. The molecule has 0 bridgehead atoms. The fourth-order valence-corrected chi connectivity index (χ4v) is 4.82. The number of amides is 1. The number of carbonyl (C=O) groups excluding carboxylic acids is 1. The van der Waals surface area contributed by atoms with Crippen molar-refractivity contribution in [3.05, 3.63) is 35.6 Å². The van der Waals surface area contributed by atoms with E-state index in [1.54, 1.807) is 0 Å². The van der Waals surface area contributed by atoms with Crippen molar-refractivity contribution in [2.24, 2.45) is 17.6 Å². The molecule has 3 fully saturated rings. The summed E-state index contributed by atoms with van der Waals surface area (Å²) in [5, 5.41) is 0. The monoisotopic (exact) mass is 367 g/mol. The van der Waals surface area contributed by atoms with Crippen molar-refractivity contribution >= 4 is 18.3 Å². The van der Waals surface area contributed by atoms with Gasteiger partial charge in [0.05, 0.1) is 6.04 Å². The summed E-state index contributed by atoms with van der Waals surface area (Å²) in [6.45, 7) is 3.38. The van der Waals surface area contributed by atoms with Crippen LogP contribution in [0.1, 0.15) is 31.2 Å². The molecular weight excluding hydrogens is 341 g/mol. The number of hydrogen-bond acceptors (Lipinski definition) is 3. The topological polar surface area (TPSA) is 49.6 Å². The van der Waals surface area contributed by atoms with E-state index in [0.717, 1.165) is 51.0 Å². The molecule has 2 saturated heterocycles. The highest BCUT2D eigenvalue weighted by molar-refractivity contribution is 5.85. The molecule has 2 aliphatic heterocycles. The molecule has 2 heterocycles. The second kappa shape index (κ2) is 7.60. The first-order chi connectivity index (χ1) is 11.6. The van der Waals surface area contributed by atoms with Gasteiger partial charge in [0, 0.05) is 25.7 Å². The Morgan fingerprint density at radius 3 is 2.64 bits per heavy atom. The molecule has 1 aromatic carbocycles.